The fourth-order valence-corrected chi connectivity index (χ4v) is 6.94. The molecule has 242 valence electrons. The van der Waals surface area contributed by atoms with Crippen molar-refractivity contribution in [3.8, 4) is 17.2 Å². The van der Waals surface area contributed by atoms with Crippen LogP contribution >= 0.6 is 15.9 Å². The second-order valence-corrected chi connectivity index (χ2v) is 13.1. The lowest BCUT2D eigenvalue weighted by Gasteiger charge is -2.22. The summed E-state index contributed by atoms with van der Waals surface area (Å²) in [6.07, 6.45) is 1.39. The zero-order chi connectivity index (χ0) is 33.6. The van der Waals surface area contributed by atoms with Crippen molar-refractivity contribution in [3.05, 3.63) is 135 Å². The number of ether oxygens (including phenoxy) is 2. The van der Waals surface area contributed by atoms with Crippen LogP contribution in [0.4, 0.5) is 5.69 Å². The normalized spacial score (nSPS) is 11.4. The molecule has 0 fully saturated rings. The van der Waals surface area contributed by atoms with Gasteiger partial charge in [-0.1, -0.05) is 66.7 Å². The molecule has 0 aliphatic heterocycles. The summed E-state index contributed by atoms with van der Waals surface area (Å²) in [5.41, 5.74) is 4.08. The summed E-state index contributed by atoms with van der Waals surface area (Å²) in [4.78, 5) is 27.0. The second-order valence-electron chi connectivity index (χ2n) is 10.3. The Bertz CT molecular complexity index is 2070. The molecule has 1 N–H and O–H groups in total. The number of benzene rings is 4. The molecule has 11 nitrogen and oxygen atoms in total. The highest BCUT2D eigenvalue weighted by atomic mass is 79.9. The van der Waals surface area contributed by atoms with Crippen molar-refractivity contribution in [1.29, 1.82) is 0 Å². The van der Waals surface area contributed by atoms with Gasteiger partial charge in [-0.25, -0.2) is 22.8 Å². The third kappa shape index (κ3) is 7.31. The number of sulfonamides is 1. The molecule has 0 saturated heterocycles. The second kappa shape index (κ2) is 14.5. The first-order chi connectivity index (χ1) is 22.6. The largest absolute Gasteiger partial charge is 0.493 e. The fourth-order valence-electron chi connectivity index (χ4n) is 4.87. The number of carbonyl (C=O) groups excluding carboxylic acids is 1. The number of anilines is 1. The summed E-state index contributed by atoms with van der Waals surface area (Å²) < 4.78 is 43.7. The number of carbonyl (C=O) groups is 1. The van der Waals surface area contributed by atoms with Crippen LogP contribution in [0.2, 0.25) is 0 Å². The van der Waals surface area contributed by atoms with Gasteiger partial charge in [0.15, 0.2) is 11.5 Å². The molecule has 4 aromatic carbocycles. The first kappa shape index (κ1) is 33.2. The Morgan fingerprint density at radius 3 is 2.23 bits per heavy atom. The maximum absolute atomic E-state index is 13.9. The zero-order valence-electron chi connectivity index (χ0n) is 25.8. The number of methoxy groups -OCH3 is 1. The highest BCUT2D eigenvalue weighted by molar-refractivity contribution is 9.10. The summed E-state index contributed by atoms with van der Waals surface area (Å²) in [7, 11) is -1.18. The van der Waals surface area contributed by atoms with Crippen LogP contribution in [0.3, 0.4) is 0 Å². The van der Waals surface area contributed by atoms with Gasteiger partial charge in [-0.05, 0) is 70.4 Å². The third-order valence-corrected chi connectivity index (χ3v) is 9.62. The van der Waals surface area contributed by atoms with E-state index in [-0.39, 0.29) is 10.6 Å². The van der Waals surface area contributed by atoms with Crippen LogP contribution in [0.25, 0.3) is 5.69 Å². The Morgan fingerprint density at radius 2 is 1.60 bits per heavy atom. The van der Waals surface area contributed by atoms with Crippen molar-refractivity contribution < 1.29 is 22.7 Å². The molecular formula is C34H32BrN5O6S. The van der Waals surface area contributed by atoms with Crippen LogP contribution in [0.1, 0.15) is 16.8 Å². The average Bonchev–Trinajstić information content (AvgIpc) is 3.30. The molecule has 5 rings (SSSR count). The van der Waals surface area contributed by atoms with Gasteiger partial charge in [0.1, 0.15) is 18.8 Å². The van der Waals surface area contributed by atoms with Crippen molar-refractivity contribution in [3.63, 3.8) is 0 Å². The maximum Gasteiger partial charge on any atom is 0.296 e. The predicted molar refractivity (Wildman–Crippen MR) is 184 cm³/mol. The Labute approximate surface area is 280 Å². The highest BCUT2D eigenvalue weighted by Crippen LogP contribution is 2.37. The van der Waals surface area contributed by atoms with Crippen LogP contribution in [0.5, 0.6) is 11.5 Å². The SMILES string of the molecule is COc1cc(/C=N\NC(=O)CN(c2c(C)n(C)n(-c3ccccc3)c2=O)S(=O)(=O)c2ccccc2)cc(Br)c1OCc1ccccc1. The van der Waals surface area contributed by atoms with Gasteiger partial charge in [0, 0.05) is 7.05 Å². The lowest BCUT2D eigenvalue weighted by Crippen LogP contribution is -2.42. The first-order valence-corrected chi connectivity index (χ1v) is 16.6. The number of nitrogens with zero attached hydrogens (tertiary/aromatic N) is 4. The lowest BCUT2D eigenvalue weighted by molar-refractivity contribution is -0.119. The monoisotopic (exact) mass is 717 g/mol. The number of aromatic nitrogens is 2. The van der Waals surface area contributed by atoms with E-state index in [9.17, 15) is 18.0 Å². The van der Waals surface area contributed by atoms with E-state index >= 15 is 0 Å². The molecule has 0 unspecified atom stereocenters. The van der Waals surface area contributed by atoms with Gasteiger partial charge in [0.05, 0.1) is 34.1 Å². The Hall–Kier alpha value is -5.14. The van der Waals surface area contributed by atoms with E-state index in [0.717, 1.165) is 9.87 Å². The molecule has 13 heteroatoms. The van der Waals surface area contributed by atoms with Gasteiger partial charge in [-0.2, -0.15) is 5.10 Å². The van der Waals surface area contributed by atoms with E-state index in [1.54, 1.807) is 73.3 Å². The summed E-state index contributed by atoms with van der Waals surface area (Å²) in [6.45, 7) is 1.25. The molecule has 0 spiro atoms. The smallest absolute Gasteiger partial charge is 0.296 e. The number of nitrogens with one attached hydrogen (secondary N) is 1. The van der Waals surface area contributed by atoms with E-state index in [0.29, 0.717) is 39.5 Å². The summed E-state index contributed by atoms with van der Waals surface area (Å²) in [6, 6.07) is 29.6. The summed E-state index contributed by atoms with van der Waals surface area (Å²) in [5.74, 6) is 0.180. The standard InChI is InChI=1S/C34H32BrN5O6S/c1-24-32(34(42)40(38(24)2)27-15-9-5-10-16-27)39(47(43,44)28-17-11-6-12-18-28)22-31(41)37-36-21-26-19-29(35)33(30(20-26)45-3)46-23-25-13-7-4-8-14-25/h4-21H,22-23H2,1-3H3,(H,37,41)/b36-21-. The molecule has 5 aromatic rings. The van der Waals surface area contributed by atoms with Gasteiger partial charge < -0.3 is 9.47 Å². The van der Waals surface area contributed by atoms with Crippen molar-refractivity contribution >= 4 is 43.8 Å². The van der Waals surface area contributed by atoms with Crippen molar-refractivity contribution in [1.82, 2.24) is 14.8 Å². The number of amides is 1. The molecule has 0 saturated carbocycles. The van der Waals surface area contributed by atoms with E-state index in [1.807, 2.05) is 36.4 Å². The third-order valence-electron chi connectivity index (χ3n) is 7.27. The van der Waals surface area contributed by atoms with Crippen LogP contribution < -0.4 is 24.8 Å². The molecule has 0 aliphatic rings. The van der Waals surface area contributed by atoms with Crippen LogP contribution in [0.15, 0.2) is 122 Å². The minimum absolute atomic E-state index is 0.0725. The number of para-hydroxylation sites is 1. The maximum atomic E-state index is 13.9. The lowest BCUT2D eigenvalue weighted by atomic mass is 10.2. The van der Waals surface area contributed by atoms with Gasteiger partial charge in [-0.15, -0.1) is 0 Å². The molecule has 0 aliphatic carbocycles. The van der Waals surface area contributed by atoms with Crippen LogP contribution in [0, 0.1) is 6.92 Å². The van der Waals surface area contributed by atoms with Gasteiger partial charge in [-0.3, -0.25) is 14.3 Å². The van der Waals surface area contributed by atoms with Gasteiger partial charge in [0.25, 0.3) is 21.5 Å². The van der Waals surface area contributed by atoms with Gasteiger partial charge >= 0.3 is 0 Å². The van der Waals surface area contributed by atoms with E-state index in [4.69, 9.17) is 9.47 Å². The summed E-state index contributed by atoms with van der Waals surface area (Å²) in [5, 5.41) is 4.05. The molecule has 47 heavy (non-hydrogen) atoms. The predicted octanol–water partition coefficient (Wildman–Crippen LogP) is 5.18. The van der Waals surface area contributed by atoms with E-state index < -0.39 is 28.0 Å². The summed E-state index contributed by atoms with van der Waals surface area (Å²) >= 11 is 3.51. The van der Waals surface area contributed by atoms with Gasteiger partial charge in [0.2, 0.25) is 0 Å². The number of hydrogen-bond acceptors (Lipinski definition) is 7. The molecular weight excluding hydrogens is 686 g/mol. The highest BCUT2D eigenvalue weighted by Gasteiger charge is 2.33. The van der Waals surface area contributed by atoms with E-state index in [1.165, 1.54) is 30.1 Å². The molecule has 1 amide bonds. The molecule has 0 bridgehead atoms. The number of halogens is 1. The van der Waals surface area contributed by atoms with Crippen molar-refractivity contribution in [2.75, 3.05) is 18.0 Å². The number of hydrogen-bond donors (Lipinski definition) is 1. The minimum Gasteiger partial charge on any atom is -0.493 e. The number of hydrazone groups is 1. The average molecular weight is 719 g/mol. The van der Waals surface area contributed by atoms with Crippen LogP contribution in [-0.2, 0) is 28.5 Å². The topological polar surface area (TPSA) is 124 Å². The minimum atomic E-state index is -4.34. The quantitative estimate of drug-likeness (QED) is 0.140. The van der Waals surface area contributed by atoms with Crippen molar-refractivity contribution in [2.24, 2.45) is 12.1 Å². The van der Waals surface area contributed by atoms with E-state index in [2.05, 4.69) is 26.5 Å². The zero-order valence-corrected chi connectivity index (χ0v) is 28.2. The Balaban J connectivity index is 1.40. The van der Waals surface area contributed by atoms with Crippen LogP contribution in [-0.4, -0.2) is 43.6 Å². The molecule has 0 radical (unpaired) electrons. The first-order valence-electron chi connectivity index (χ1n) is 14.4. The number of rotatable bonds is 12. The molecule has 0 atom stereocenters. The molecule has 1 heterocycles. The Morgan fingerprint density at radius 1 is 0.979 bits per heavy atom. The molecule has 1 aromatic heterocycles. The Kier molecular flexibility index (Phi) is 10.3. The fraction of sp³-hybridized carbons (Fsp3) is 0.147. The van der Waals surface area contributed by atoms with Crippen molar-refractivity contribution in [2.45, 2.75) is 18.4 Å².